The highest BCUT2D eigenvalue weighted by Crippen LogP contribution is 2.26. The summed E-state index contributed by atoms with van der Waals surface area (Å²) in [6.45, 7) is 1.42. The first-order valence-corrected chi connectivity index (χ1v) is 5.09. The van der Waals surface area contributed by atoms with Crippen molar-refractivity contribution in [1.29, 1.82) is 5.26 Å². The van der Waals surface area contributed by atoms with Gasteiger partial charge in [0, 0.05) is 5.56 Å². The average molecular weight is 265 g/mol. The van der Waals surface area contributed by atoms with Crippen LogP contribution in [0.15, 0.2) is 6.07 Å². The molecule has 0 amide bonds. The second-order valence-electron chi connectivity index (χ2n) is 3.23. The van der Waals surface area contributed by atoms with Gasteiger partial charge in [0.05, 0.1) is 24.1 Å². The zero-order valence-electron chi connectivity index (χ0n) is 8.81. The first-order chi connectivity index (χ1) is 7.87. The molecule has 92 valence electrons. The van der Waals surface area contributed by atoms with E-state index in [4.69, 9.17) is 16.9 Å². The third kappa shape index (κ3) is 3.79. The molecule has 0 saturated carbocycles. The Morgan fingerprint density at radius 3 is 2.65 bits per heavy atom. The molecule has 0 atom stereocenters. The number of aromatic nitrogens is 1. The molecule has 0 aliphatic carbocycles. The average Bonchev–Trinajstić information content (AvgIpc) is 2.20. The lowest BCUT2D eigenvalue weighted by Crippen LogP contribution is -2.19. The molecule has 0 aromatic carbocycles. The van der Waals surface area contributed by atoms with E-state index in [2.05, 4.69) is 9.72 Å². The molecule has 17 heavy (non-hydrogen) atoms. The summed E-state index contributed by atoms with van der Waals surface area (Å²) >= 11 is 5.55. The van der Waals surface area contributed by atoms with Crippen molar-refractivity contribution < 1.29 is 17.9 Å². The molecular formula is C10H8ClF3N2O. The van der Waals surface area contributed by atoms with Gasteiger partial charge in [0.15, 0.2) is 0 Å². The highest BCUT2D eigenvalue weighted by molar-refractivity contribution is 6.17. The molecular weight excluding hydrogens is 257 g/mol. The molecule has 3 nitrogen and oxygen atoms in total. The van der Waals surface area contributed by atoms with Crippen LogP contribution in [0.2, 0.25) is 0 Å². The predicted octanol–water partition coefficient (Wildman–Crippen LogP) is 3.09. The lowest BCUT2D eigenvalue weighted by molar-refractivity contribution is -0.276. The first kappa shape index (κ1) is 13.6. The van der Waals surface area contributed by atoms with Crippen LogP contribution in [0.5, 0.6) is 5.88 Å². The van der Waals surface area contributed by atoms with Crippen LogP contribution in [0.1, 0.15) is 16.8 Å². The van der Waals surface area contributed by atoms with E-state index >= 15 is 0 Å². The van der Waals surface area contributed by atoms with E-state index in [0.717, 1.165) is 0 Å². The van der Waals surface area contributed by atoms with Gasteiger partial charge in [0.1, 0.15) is 0 Å². The second-order valence-corrected chi connectivity index (χ2v) is 3.50. The minimum Gasteiger partial charge on any atom is -0.388 e. The summed E-state index contributed by atoms with van der Waals surface area (Å²) < 4.78 is 39.9. The summed E-state index contributed by atoms with van der Waals surface area (Å²) in [6.07, 6.45) is -4.75. The van der Waals surface area contributed by atoms with E-state index in [-0.39, 0.29) is 23.6 Å². The molecule has 0 aliphatic rings. The number of rotatable bonds is 3. The van der Waals surface area contributed by atoms with Crippen molar-refractivity contribution >= 4 is 11.6 Å². The minimum atomic E-state index is -4.79. The zero-order valence-corrected chi connectivity index (χ0v) is 9.56. The van der Waals surface area contributed by atoms with Crippen LogP contribution in [0.25, 0.3) is 0 Å². The number of hydrogen-bond acceptors (Lipinski definition) is 3. The summed E-state index contributed by atoms with van der Waals surface area (Å²) in [6, 6.07) is 3.32. The molecule has 0 spiro atoms. The number of hydrogen-bond donors (Lipinski definition) is 0. The van der Waals surface area contributed by atoms with E-state index < -0.39 is 12.2 Å². The second kappa shape index (κ2) is 5.23. The van der Waals surface area contributed by atoms with Gasteiger partial charge in [-0.25, -0.2) is 4.98 Å². The van der Waals surface area contributed by atoms with Crippen molar-refractivity contribution in [3.63, 3.8) is 0 Å². The summed E-state index contributed by atoms with van der Waals surface area (Å²) in [5, 5.41) is 8.55. The van der Waals surface area contributed by atoms with Gasteiger partial charge in [-0.3, -0.25) is 0 Å². The highest BCUT2D eigenvalue weighted by Gasteiger charge is 2.32. The number of nitriles is 1. The Kier molecular flexibility index (Phi) is 4.18. The molecule has 1 aromatic rings. The maximum Gasteiger partial charge on any atom is 0.574 e. The molecule has 7 heteroatoms. The first-order valence-electron chi connectivity index (χ1n) is 4.55. The Labute approximate surface area is 101 Å². The van der Waals surface area contributed by atoms with Crippen molar-refractivity contribution in [3.05, 3.63) is 22.9 Å². The molecule has 0 N–H and O–H groups in total. The summed E-state index contributed by atoms with van der Waals surface area (Å²) in [5.74, 6) is -0.610. The van der Waals surface area contributed by atoms with E-state index in [1.165, 1.54) is 13.0 Å². The summed E-state index contributed by atoms with van der Waals surface area (Å²) in [5.41, 5.74) is 0.939. The molecule has 0 bridgehead atoms. The van der Waals surface area contributed by atoms with E-state index in [1.54, 1.807) is 0 Å². The molecule has 1 heterocycles. The minimum absolute atomic E-state index is 0.0438. The van der Waals surface area contributed by atoms with Crippen LogP contribution in [-0.2, 0) is 12.3 Å². The molecule has 1 aromatic heterocycles. The number of ether oxygens (including phenoxy) is 1. The van der Waals surface area contributed by atoms with E-state index in [0.29, 0.717) is 5.56 Å². The molecule has 0 fully saturated rings. The van der Waals surface area contributed by atoms with Crippen molar-refractivity contribution in [3.8, 4) is 11.9 Å². The Morgan fingerprint density at radius 2 is 2.18 bits per heavy atom. The van der Waals surface area contributed by atoms with Gasteiger partial charge in [-0.2, -0.15) is 5.26 Å². The third-order valence-electron chi connectivity index (χ3n) is 1.94. The van der Waals surface area contributed by atoms with E-state index in [9.17, 15) is 13.2 Å². The Hall–Kier alpha value is -1.48. The maximum absolute atomic E-state index is 12.1. The number of pyridine rings is 1. The normalized spacial score (nSPS) is 11.1. The third-order valence-corrected chi connectivity index (χ3v) is 2.20. The number of aryl methyl sites for hydroxylation is 1. The maximum atomic E-state index is 12.1. The molecule has 0 radical (unpaired) electrons. The van der Waals surface area contributed by atoms with Crippen LogP contribution >= 0.6 is 11.6 Å². The van der Waals surface area contributed by atoms with Crippen molar-refractivity contribution in [2.75, 3.05) is 0 Å². The van der Waals surface area contributed by atoms with Crippen LogP contribution in [0.4, 0.5) is 13.2 Å². The topological polar surface area (TPSA) is 45.9 Å². The van der Waals surface area contributed by atoms with Crippen molar-refractivity contribution in [2.24, 2.45) is 0 Å². The smallest absolute Gasteiger partial charge is 0.388 e. The quantitative estimate of drug-likeness (QED) is 0.788. The molecule has 0 saturated heterocycles. The van der Waals surface area contributed by atoms with Gasteiger partial charge in [0.25, 0.3) is 0 Å². The SMILES string of the molecule is Cc1cc(CC#N)c(CCl)nc1OC(F)(F)F. The van der Waals surface area contributed by atoms with Gasteiger partial charge in [0.2, 0.25) is 5.88 Å². The standard InChI is InChI=1S/C10H8ClF3N2O/c1-6-4-7(2-3-15)8(5-11)16-9(6)17-10(12,13)14/h4H,2,5H2,1H3. The zero-order chi connectivity index (χ0) is 13.1. The van der Waals surface area contributed by atoms with Gasteiger partial charge >= 0.3 is 6.36 Å². The molecule has 1 rings (SSSR count). The molecule has 0 aliphatic heterocycles. The molecule has 0 unspecified atom stereocenters. The van der Waals surface area contributed by atoms with Gasteiger partial charge in [-0.15, -0.1) is 24.8 Å². The number of alkyl halides is 4. The van der Waals surface area contributed by atoms with Crippen LogP contribution < -0.4 is 4.74 Å². The predicted molar refractivity (Wildman–Crippen MR) is 54.5 cm³/mol. The monoisotopic (exact) mass is 264 g/mol. The van der Waals surface area contributed by atoms with Crippen molar-refractivity contribution in [1.82, 2.24) is 4.98 Å². The fourth-order valence-electron chi connectivity index (χ4n) is 1.26. The van der Waals surface area contributed by atoms with Crippen LogP contribution in [0.3, 0.4) is 0 Å². The fourth-order valence-corrected chi connectivity index (χ4v) is 1.49. The van der Waals surface area contributed by atoms with Crippen LogP contribution in [-0.4, -0.2) is 11.3 Å². The van der Waals surface area contributed by atoms with E-state index in [1.807, 2.05) is 6.07 Å². The van der Waals surface area contributed by atoms with Crippen molar-refractivity contribution in [2.45, 2.75) is 25.6 Å². The van der Waals surface area contributed by atoms with Gasteiger partial charge in [-0.1, -0.05) is 0 Å². The number of nitrogens with zero attached hydrogens (tertiary/aromatic N) is 2. The Balaban J connectivity index is 3.14. The summed E-state index contributed by atoms with van der Waals surface area (Å²) in [4.78, 5) is 3.67. The van der Waals surface area contributed by atoms with Gasteiger partial charge in [-0.05, 0) is 18.6 Å². The lowest BCUT2D eigenvalue weighted by atomic mass is 10.1. The lowest BCUT2D eigenvalue weighted by Gasteiger charge is -2.13. The Bertz CT molecular complexity index is 454. The van der Waals surface area contributed by atoms with Crippen LogP contribution in [0, 0.1) is 18.3 Å². The highest BCUT2D eigenvalue weighted by atomic mass is 35.5. The van der Waals surface area contributed by atoms with Gasteiger partial charge < -0.3 is 4.74 Å². The Morgan fingerprint density at radius 1 is 1.53 bits per heavy atom. The largest absolute Gasteiger partial charge is 0.574 e. The fraction of sp³-hybridized carbons (Fsp3) is 0.400. The summed E-state index contributed by atoms with van der Waals surface area (Å²) in [7, 11) is 0. The number of halogens is 4.